The molecule has 0 saturated heterocycles. The summed E-state index contributed by atoms with van der Waals surface area (Å²) in [6.07, 6.45) is 4.05. The van der Waals surface area contributed by atoms with Crippen molar-refractivity contribution in [2.24, 2.45) is 29.6 Å². The average molecular weight is 257 g/mol. The van der Waals surface area contributed by atoms with Crippen molar-refractivity contribution in [3.8, 4) is 5.75 Å². The highest BCUT2D eigenvalue weighted by Gasteiger charge is 2.67. The van der Waals surface area contributed by atoms with E-state index in [-0.39, 0.29) is 17.6 Å². The largest absolute Gasteiger partial charge is 0.508 e. The number of aromatic hydroxyl groups is 1. The van der Waals surface area contributed by atoms with Crippen LogP contribution in [0.4, 0.5) is 5.69 Å². The topological polar surface area (TPSA) is 49.3 Å². The molecule has 0 aromatic heterocycles. The van der Waals surface area contributed by atoms with Gasteiger partial charge in [0.25, 0.3) is 0 Å². The molecule has 1 aromatic rings. The average Bonchev–Trinajstić information content (AvgIpc) is 2.82. The molecule has 4 rings (SSSR count). The van der Waals surface area contributed by atoms with E-state index >= 15 is 0 Å². The number of rotatable bonds is 2. The molecule has 1 aromatic carbocycles. The molecule has 3 saturated carbocycles. The maximum absolute atomic E-state index is 12.4. The van der Waals surface area contributed by atoms with E-state index in [4.69, 9.17) is 0 Å². The van der Waals surface area contributed by atoms with Crippen LogP contribution in [0.25, 0.3) is 0 Å². The fourth-order valence-electron chi connectivity index (χ4n) is 4.68. The van der Waals surface area contributed by atoms with Crippen molar-refractivity contribution in [2.75, 3.05) is 5.32 Å². The number of fused-ring (bicyclic) bond motifs is 5. The number of amides is 1. The number of carbonyl (C=O) groups is 1. The van der Waals surface area contributed by atoms with E-state index < -0.39 is 0 Å². The highest BCUT2D eigenvalue weighted by molar-refractivity contribution is 5.95. The third kappa shape index (κ3) is 1.60. The minimum absolute atomic E-state index is 0.195. The predicted molar refractivity (Wildman–Crippen MR) is 72.8 cm³/mol. The molecule has 4 unspecified atom stereocenters. The number of hydrogen-bond acceptors (Lipinski definition) is 2. The van der Waals surface area contributed by atoms with Gasteiger partial charge in [-0.1, -0.05) is 0 Å². The zero-order valence-corrected chi connectivity index (χ0v) is 11.1. The van der Waals surface area contributed by atoms with Crippen LogP contribution in [-0.2, 0) is 4.79 Å². The number of benzene rings is 1. The molecule has 0 heterocycles. The lowest BCUT2D eigenvalue weighted by molar-refractivity contribution is -0.118. The molecule has 0 aliphatic heterocycles. The third-order valence-electron chi connectivity index (χ3n) is 5.51. The Morgan fingerprint density at radius 1 is 1.26 bits per heavy atom. The molecule has 2 bridgehead atoms. The Bertz CT molecular complexity index is 538. The lowest BCUT2D eigenvalue weighted by atomic mass is 10.0. The van der Waals surface area contributed by atoms with Crippen LogP contribution in [0.15, 0.2) is 18.2 Å². The van der Waals surface area contributed by atoms with Gasteiger partial charge < -0.3 is 10.4 Å². The SMILES string of the molecule is Cc1cc(O)ccc1NC(=O)C1C2C3CCC(C3)C12. The number of anilines is 1. The number of hydrogen-bond donors (Lipinski definition) is 2. The first kappa shape index (κ1) is 11.3. The third-order valence-corrected chi connectivity index (χ3v) is 5.51. The van der Waals surface area contributed by atoms with Gasteiger partial charge >= 0.3 is 0 Å². The van der Waals surface area contributed by atoms with Gasteiger partial charge in [-0.15, -0.1) is 0 Å². The van der Waals surface area contributed by atoms with Crippen molar-refractivity contribution >= 4 is 11.6 Å². The number of phenolic OH excluding ortho intramolecular Hbond substituents is 1. The van der Waals surface area contributed by atoms with Crippen LogP contribution in [0.2, 0.25) is 0 Å². The maximum atomic E-state index is 12.4. The molecule has 3 aliphatic carbocycles. The zero-order chi connectivity index (χ0) is 13.1. The summed E-state index contributed by atoms with van der Waals surface area (Å²) in [4.78, 5) is 12.4. The normalized spacial score (nSPS) is 38.1. The molecule has 1 amide bonds. The van der Waals surface area contributed by atoms with Gasteiger partial charge in [-0.05, 0) is 73.6 Å². The van der Waals surface area contributed by atoms with E-state index in [9.17, 15) is 9.90 Å². The van der Waals surface area contributed by atoms with Crippen LogP contribution in [0.1, 0.15) is 24.8 Å². The standard InChI is InChI=1S/C16H19NO2/c1-8-6-11(18)4-5-12(8)17-16(19)15-13-9-2-3-10(7-9)14(13)15/h4-6,9-10,13-15,18H,2-3,7H2,1H3,(H,17,19). The zero-order valence-electron chi connectivity index (χ0n) is 11.1. The Morgan fingerprint density at radius 2 is 1.95 bits per heavy atom. The van der Waals surface area contributed by atoms with E-state index in [2.05, 4.69) is 5.32 Å². The molecule has 3 heteroatoms. The lowest BCUT2D eigenvalue weighted by Gasteiger charge is -2.11. The van der Waals surface area contributed by atoms with Gasteiger partial charge in [0.2, 0.25) is 5.91 Å². The molecule has 19 heavy (non-hydrogen) atoms. The minimum Gasteiger partial charge on any atom is -0.508 e. The van der Waals surface area contributed by atoms with Crippen LogP contribution in [0.5, 0.6) is 5.75 Å². The van der Waals surface area contributed by atoms with Crippen LogP contribution < -0.4 is 5.32 Å². The van der Waals surface area contributed by atoms with Crippen molar-refractivity contribution in [1.82, 2.24) is 0 Å². The molecule has 3 fully saturated rings. The first-order chi connectivity index (χ1) is 9.15. The number of nitrogens with one attached hydrogen (secondary N) is 1. The van der Waals surface area contributed by atoms with Gasteiger partial charge in [-0.25, -0.2) is 0 Å². The fourth-order valence-corrected chi connectivity index (χ4v) is 4.68. The molecule has 2 N–H and O–H groups in total. The van der Waals surface area contributed by atoms with Gasteiger partial charge in [-0.3, -0.25) is 4.79 Å². The Hall–Kier alpha value is -1.51. The lowest BCUT2D eigenvalue weighted by Crippen LogP contribution is -2.19. The first-order valence-corrected chi connectivity index (χ1v) is 7.25. The van der Waals surface area contributed by atoms with Crippen molar-refractivity contribution < 1.29 is 9.90 Å². The van der Waals surface area contributed by atoms with Crippen LogP contribution in [0, 0.1) is 36.5 Å². The van der Waals surface area contributed by atoms with Gasteiger partial charge in [0.15, 0.2) is 0 Å². The number of aryl methyl sites for hydroxylation is 1. The van der Waals surface area contributed by atoms with Crippen molar-refractivity contribution in [3.63, 3.8) is 0 Å². The second kappa shape index (κ2) is 3.75. The van der Waals surface area contributed by atoms with E-state index in [0.29, 0.717) is 11.8 Å². The van der Waals surface area contributed by atoms with Gasteiger partial charge in [0, 0.05) is 11.6 Å². The summed E-state index contributed by atoms with van der Waals surface area (Å²) in [6.45, 7) is 1.91. The highest BCUT2D eigenvalue weighted by atomic mass is 16.3. The highest BCUT2D eigenvalue weighted by Crippen LogP contribution is 2.69. The Kier molecular flexibility index (Phi) is 2.23. The molecular weight excluding hydrogens is 238 g/mol. The molecule has 4 atom stereocenters. The van der Waals surface area contributed by atoms with Crippen LogP contribution >= 0.6 is 0 Å². The summed E-state index contributed by atoms with van der Waals surface area (Å²) >= 11 is 0. The fraction of sp³-hybridized carbons (Fsp3) is 0.562. The summed E-state index contributed by atoms with van der Waals surface area (Å²) in [5.74, 6) is 3.71. The maximum Gasteiger partial charge on any atom is 0.228 e. The smallest absolute Gasteiger partial charge is 0.228 e. The van der Waals surface area contributed by atoms with Gasteiger partial charge in [0.1, 0.15) is 5.75 Å². The second-order valence-electron chi connectivity index (χ2n) is 6.50. The summed E-state index contributed by atoms with van der Waals surface area (Å²) in [7, 11) is 0. The summed E-state index contributed by atoms with van der Waals surface area (Å²) in [6, 6.07) is 5.10. The molecule has 3 aliphatic rings. The molecule has 0 spiro atoms. The summed E-state index contributed by atoms with van der Waals surface area (Å²) in [5.41, 5.74) is 1.75. The van der Waals surface area contributed by atoms with Crippen LogP contribution in [0.3, 0.4) is 0 Å². The predicted octanol–water partition coefficient (Wildman–Crippen LogP) is 2.93. The van der Waals surface area contributed by atoms with Crippen molar-refractivity contribution in [2.45, 2.75) is 26.2 Å². The minimum atomic E-state index is 0.195. The van der Waals surface area contributed by atoms with Crippen LogP contribution in [-0.4, -0.2) is 11.0 Å². The van der Waals surface area contributed by atoms with E-state index in [1.807, 2.05) is 6.92 Å². The Balaban J connectivity index is 1.48. The molecule has 0 radical (unpaired) electrons. The second-order valence-corrected chi connectivity index (χ2v) is 6.50. The summed E-state index contributed by atoms with van der Waals surface area (Å²) in [5, 5.41) is 12.4. The Labute approximate surface area is 113 Å². The number of carbonyl (C=O) groups excluding carboxylic acids is 1. The van der Waals surface area contributed by atoms with E-state index in [1.165, 1.54) is 19.3 Å². The Morgan fingerprint density at radius 3 is 2.58 bits per heavy atom. The van der Waals surface area contributed by atoms with E-state index in [1.54, 1.807) is 18.2 Å². The molecular formula is C16H19NO2. The van der Waals surface area contributed by atoms with E-state index in [0.717, 1.165) is 23.1 Å². The first-order valence-electron chi connectivity index (χ1n) is 7.25. The van der Waals surface area contributed by atoms with Crippen molar-refractivity contribution in [1.29, 1.82) is 0 Å². The summed E-state index contributed by atoms with van der Waals surface area (Å²) < 4.78 is 0. The molecule has 3 nitrogen and oxygen atoms in total. The van der Waals surface area contributed by atoms with Gasteiger partial charge in [0.05, 0.1) is 0 Å². The quantitative estimate of drug-likeness (QED) is 0.800. The molecule has 100 valence electrons. The number of phenols is 1. The van der Waals surface area contributed by atoms with Gasteiger partial charge in [-0.2, -0.15) is 0 Å². The monoisotopic (exact) mass is 257 g/mol. The van der Waals surface area contributed by atoms with Crippen molar-refractivity contribution in [3.05, 3.63) is 23.8 Å².